The van der Waals surface area contributed by atoms with Crippen molar-refractivity contribution >= 4 is 27.6 Å². The molecule has 5 nitrogen and oxygen atoms in total. The Balaban J connectivity index is 2.43. The lowest BCUT2D eigenvalue weighted by molar-refractivity contribution is -0.157. The first-order chi connectivity index (χ1) is 12.1. The van der Waals surface area contributed by atoms with Crippen molar-refractivity contribution in [2.75, 3.05) is 18.0 Å². The van der Waals surface area contributed by atoms with E-state index >= 15 is 0 Å². The third-order valence-corrected chi connectivity index (χ3v) is 6.44. The maximum Gasteiger partial charge on any atom is 0.340 e. The number of esters is 1. The zero-order valence-electron chi connectivity index (χ0n) is 16.7. The third kappa shape index (κ3) is 4.39. The van der Waals surface area contributed by atoms with Crippen LogP contribution in [0.15, 0.2) is 4.47 Å². The number of aliphatic hydroxyl groups is 1. The maximum atomic E-state index is 12.4. The highest BCUT2D eigenvalue weighted by atomic mass is 79.9. The summed E-state index contributed by atoms with van der Waals surface area (Å²) in [7, 11) is 0. The number of nitrogens with zero attached hydrogens (tertiary/aromatic N) is 2. The van der Waals surface area contributed by atoms with E-state index < -0.39 is 12.1 Å². The van der Waals surface area contributed by atoms with Gasteiger partial charge < -0.3 is 14.7 Å². The topological polar surface area (TPSA) is 62.7 Å². The monoisotopic (exact) mass is 426 g/mol. The Morgan fingerprint density at radius 2 is 1.88 bits per heavy atom. The van der Waals surface area contributed by atoms with Crippen LogP contribution < -0.4 is 4.90 Å². The Hall–Kier alpha value is -1.14. The fraction of sp³-hybridized carbons (Fsp3) is 0.700. The maximum absolute atomic E-state index is 12.4. The summed E-state index contributed by atoms with van der Waals surface area (Å²) in [5, 5.41) is 10.7. The second-order valence-electron chi connectivity index (χ2n) is 7.90. The smallest absolute Gasteiger partial charge is 0.340 e. The van der Waals surface area contributed by atoms with E-state index in [1.165, 1.54) is 0 Å². The van der Waals surface area contributed by atoms with Crippen molar-refractivity contribution in [3.63, 3.8) is 0 Å². The van der Waals surface area contributed by atoms with Gasteiger partial charge in [-0.05, 0) is 61.9 Å². The second-order valence-corrected chi connectivity index (χ2v) is 8.69. The zero-order chi connectivity index (χ0) is 19.6. The minimum Gasteiger partial charge on any atom is -0.461 e. The normalized spacial score (nSPS) is 18.1. The molecule has 1 aliphatic heterocycles. The summed E-state index contributed by atoms with van der Waals surface area (Å²) in [5.41, 5.74) is 3.30. The molecular formula is C20H31BrN2O3. The first-order valence-electron chi connectivity index (χ1n) is 9.39. The molecule has 1 aliphatic rings. The number of aryl methyl sites for hydroxylation is 2. The van der Waals surface area contributed by atoms with Crippen molar-refractivity contribution < 1.29 is 14.6 Å². The Kier molecular flexibility index (Phi) is 6.72. The van der Waals surface area contributed by atoms with Gasteiger partial charge in [0.1, 0.15) is 0 Å². The molecule has 1 atom stereocenters. The van der Waals surface area contributed by atoms with Crippen LogP contribution in [0, 0.1) is 19.3 Å². The Labute approximate surface area is 165 Å². The van der Waals surface area contributed by atoms with Gasteiger partial charge in [0.2, 0.25) is 0 Å². The predicted molar refractivity (Wildman–Crippen MR) is 107 cm³/mol. The lowest BCUT2D eigenvalue weighted by Crippen LogP contribution is -2.39. The van der Waals surface area contributed by atoms with Crippen molar-refractivity contribution in [1.82, 2.24) is 4.98 Å². The summed E-state index contributed by atoms with van der Waals surface area (Å²) in [6.07, 6.45) is 1.72. The van der Waals surface area contributed by atoms with Crippen LogP contribution >= 0.6 is 15.9 Å². The molecule has 0 bridgehead atoms. The number of carbonyl (C=O) groups is 1. The van der Waals surface area contributed by atoms with Crippen molar-refractivity contribution in [2.24, 2.45) is 5.41 Å². The highest BCUT2D eigenvalue weighted by Crippen LogP contribution is 2.42. The number of anilines is 1. The number of rotatable bonds is 5. The lowest BCUT2D eigenvalue weighted by Gasteiger charge is -2.41. The van der Waals surface area contributed by atoms with Crippen LogP contribution in [0.25, 0.3) is 0 Å². The number of hydrogen-bond acceptors (Lipinski definition) is 5. The van der Waals surface area contributed by atoms with E-state index in [-0.39, 0.29) is 6.10 Å². The molecule has 1 aromatic heterocycles. The number of piperidine rings is 1. The Morgan fingerprint density at radius 1 is 1.31 bits per heavy atom. The van der Waals surface area contributed by atoms with E-state index in [1.54, 1.807) is 13.8 Å². The molecule has 0 radical (unpaired) electrons. The van der Waals surface area contributed by atoms with Crippen molar-refractivity contribution in [1.29, 1.82) is 0 Å². The average molecular weight is 427 g/mol. The zero-order valence-corrected chi connectivity index (χ0v) is 18.3. The summed E-state index contributed by atoms with van der Waals surface area (Å²) in [6, 6.07) is 0. The molecule has 1 aromatic rings. The SMILES string of the molecule is CCC1(C)CCN(c2c(Br)c(C)nc(C)c2[C@H](O)C(=O)OC(C)C)CC1. The van der Waals surface area contributed by atoms with Gasteiger partial charge in [-0.15, -0.1) is 0 Å². The van der Waals surface area contributed by atoms with Gasteiger partial charge in [-0.3, -0.25) is 4.98 Å². The molecule has 26 heavy (non-hydrogen) atoms. The summed E-state index contributed by atoms with van der Waals surface area (Å²) in [4.78, 5) is 19.1. The predicted octanol–water partition coefficient (Wildman–Crippen LogP) is 4.46. The molecular weight excluding hydrogens is 396 g/mol. The quantitative estimate of drug-likeness (QED) is 0.703. The minimum absolute atomic E-state index is 0.275. The fourth-order valence-corrected chi connectivity index (χ4v) is 4.05. The van der Waals surface area contributed by atoms with Gasteiger partial charge in [-0.1, -0.05) is 20.3 Å². The average Bonchev–Trinajstić information content (AvgIpc) is 2.57. The van der Waals surface area contributed by atoms with Gasteiger partial charge in [0.05, 0.1) is 22.0 Å². The molecule has 2 heterocycles. The van der Waals surface area contributed by atoms with Gasteiger partial charge >= 0.3 is 5.97 Å². The molecule has 0 saturated carbocycles. The van der Waals surface area contributed by atoms with Gasteiger partial charge in [0.25, 0.3) is 0 Å². The number of aromatic nitrogens is 1. The molecule has 0 aliphatic carbocycles. The minimum atomic E-state index is -1.34. The summed E-state index contributed by atoms with van der Waals surface area (Å²) in [5.74, 6) is -0.627. The van der Waals surface area contributed by atoms with Crippen LogP contribution in [-0.4, -0.2) is 35.3 Å². The molecule has 6 heteroatoms. The van der Waals surface area contributed by atoms with Crippen LogP contribution in [0.2, 0.25) is 0 Å². The van der Waals surface area contributed by atoms with Crippen molar-refractivity contribution in [3.8, 4) is 0 Å². The van der Waals surface area contributed by atoms with E-state index in [9.17, 15) is 9.90 Å². The Morgan fingerprint density at radius 3 is 2.38 bits per heavy atom. The molecule has 0 aromatic carbocycles. The number of hydrogen-bond donors (Lipinski definition) is 1. The van der Waals surface area contributed by atoms with Gasteiger partial charge in [-0.2, -0.15) is 0 Å². The van der Waals surface area contributed by atoms with Crippen LogP contribution in [0.4, 0.5) is 5.69 Å². The van der Waals surface area contributed by atoms with Crippen LogP contribution in [-0.2, 0) is 9.53 Å². The lowest BCUT2D eigenvalue weighted by atomic mass is 9.78. The largest absolute Gasteiger partial charge is 0.461 e. The molecule has 1 fully saturated rings. The van der Waals surface area contributed by atoms with Crippen LogP contribution in [0.1, 0.15) is 70.0 Å². The molecule has 0 spiro atoms. The first-order valence-corrected chi connectivity index (χ1v) is 10.2. The number of aliphatic hydroxyl groups excluding tert-OH is 1. The molecule has 0 unspecified atom stereocenters. The van der Waals surface area contributed by atoms with Crippen LogP contribution in [0.5, 0.6) is 0 Å². The van der Waals surface area contributed by atoms with Crippen molar-refractivity contribution in [3.05, 3.63) is 21.4 Å². The van der Waals surface area contributed by atoms with E-state index in [4.69, 9.17) is 4.74 Å². The molecule has 146 valence electrons. The highest BCUT2D eigenvalue weighted by Gasteiger charge is 2.34. The molecule has 0 amide bonds. The van der Waals surface area contributed by atoms with E-state index in [2.05, 4.69) is 39.7 Å². The van der Waals surface area contributed by atoms with Gasteiger partial charge in [-0.25, -0.2) is 4.79 Å². The first kappa shape index (κ1) is 21.2. The van der Waals surface area contributed by atoms with Gasteiger partial charge in [0.15, 0.2) is 6.10 Å². The molecule has 2 rings (SSSR count). The number of carbonyl (C=O) groups excluding carboxylic acids is 1. The third-order valence-electron chi connectivity index (χ3n) is 5.49. The van der Waals surface area contributed by atoms with E-state index in [0.717, 1.165) is 48.2 Å². The summed E-state index contributed by atoms with van der Waals surface area (Å²) in [6.45, 7) is 13.7. The van der Waals surface area contributed by atoms with E-state index in [0.29, 0.717) is 16.7 Å². The number of halogens is 1. The van der Waals surface area contributed by atoms with Crippen LogP contribution in [0.3, 0.4) is 0 Å². The molecule has 1 N–H and O–H groups in total. The highest BCUT2D eigenvalue weighted by molar-refractivity contribution is 9.10. The summed E-state index contributed by atoms with van der Waals surface area (Å²) < 4.78 is 6.08. The summed E-state index contributed by atoms with van der Waals surface area (Å²) >= 11 is 3.65. The fourth-order valence-electron chi connectivity index (χ4n) is 3.50. The van der Waals surface area contributed by atoms with E-state index in [1.807, 2.05) is 13.8 Å². The van der Waals surface area contributed by atoms with Gasteiger partial charge in [0, 0.05) is 24.3 Å². The Bertz CT molecular complexity index is 668. The van der Waals surface area contributed by atoms with Crippen molar-refractivity contribution in [2.45, 2.75) is 73.0 Å². The number of ether oxygens (including phenoxy) is 1. The molecule has 1 saturated heterocycles. The standard InChI is InChI=1S/C20H31BrN2O3/c1-7-20(6)8-10-23(11-9-20)17-15(13(4)22-14(5)16(17)21)18(24)19(25)26-12(2)3/h12,18,24H,7-11H2,1-6H3/t18-/m0/s1. The number of pyridine rings is 1. The second kappa shape index (κ2) is 8.26.